The third-order valence-electron chi connectivity index (χ3n) is 5.07. The van der Waals surface area contributed by atoms with E-state index < -0.39 is 5.92 Å². The van der Waals surface area contributed by atoms with Crippen molar-refractivity contribution in [2.24, 2.45) is 5.92 Å². The van der Waals surface area contributed by atoms with Gasteiger partial charge in [-0.25, -0.2) is 0 Å². The number of aromatic nitrogens is 2. The van der Waals surface area contributed by atoms with Crippen LogP contribution in [0.5, 0.6) is 5.75 Å². The Morgan fingerprint density at radius 3 is 2.64 bits per heavy atom. The van der Waals surface area contributed by atoms with E-state index in [1.165, 1.54) is 11.3 Å². The van der Waals surface area contributed by atoms with Crippen LogP contribution >= 0.6 is 11.3 Å². The predicted octanol–water partition coefficient (Wildman–Crippen LogP) is 3.62. The summed E-state index contributed by atoms with van der Waals surface area (Å²) < 4.78 is 5.43. The molecule has 0 aliphatic carbocycles. The average Bonchev–Trinajstić information content (AvgIpc) is 3.30. The lowest BCUT2D eigenvalue weighted by atomic mass is 9.91. The van der Waals surface area contributed by atoms with Crippen LogP contribution in [-0.2, 0) is 15.0 Å². The summed E-state index contributed by atoms with van der Waals surface area (Å²) in [6.07, 6.45) is 1.12. The van der Waals surface area contributed by atoms with Crippen LogP contribution in [0.25, 0.3) is 0 Å². The van der Waals surface area contributed by atoms with Crippen molar-refractivity contribution in [2.45, 2.75) is 46.0 Å². The van der Waals surface area contributed by atoms with E-state index in [1.807, 2.05) is 31.2 Å². The van der Waals surface area contributed by atoms with E-state index in [-0.39, 0.29) is 23.7 Å². The molecular formula is C20H26N4O3S. The van der Waals surface area contributed by atoms with Gasteiger partial charge >= 0.3 is 0 Å². The lowest BCUT2D eigenvalue weighted by molar-refractivity contribution is -0.122. The average molecular weight is 403 g/mol. The van der Waals surface area contributed by atoms with Crippen LogP contribution in [0.4, 0.5) is 10.8 Å². The first-order valence-corrected chi connectivity index (χ1v) is 10.3. The zero-order valence-electron chi connectivity index (χ0n) is 16.7. The van der Waals surface area contributed by atoms with Crippen molar-refractivity contribution in [2.75, 3.05) is 23.4 Å². The predicted molar refractivity (Wildman–Crippen MR) is 110 cm³/mol. The number of hydrogen-bond acceptors (Lipinski definition) is 6. The Morgan fingerprint density at radius 2 is 2.00 bits per heavy atom. The Kier molecular flexibility index (Phi) is 5.98. The zero-order valence-corrected chi connectivity index (χ0v) is 17.5. The molecule has 1 aromatic carbocycles. The summed E-state index contributed by atoms with van der Waals surface area (Å²) in [4.78, 5) is 26.7. The molecule has 2 heterocycles. The fourth-order valence-electron chi connectivity index (χ4n) is 2.93. The summed E-state index contributed by atoms with van der Waals surface area (Å²) in [5, 5.41) is 12.5. The Labute approximate surface area is 169 Å². The maximum absolute atomic E-state index is 12.6. The quantitative estimate of drug-likeness (QED) is 0.765. The smallest absolute Gasteiger partial charge is 0.231 e. The first kappa shape index (κ1) is 20.3. The van der Waals surface area contributed by atoms with Crippen LogP contribution in [0.2, 0.25) is 0 Å². The molecule has 3 rings (SSSR count). The number of ether oxygens (including phenoxy) is 1. The molecule has 1 atom stereocenters. The molecule has 1 fully saturated rings. The molecule has 28 heavy (non-hydrogen) atoms. The summed E-state index contributed by atoms with van der Waals surface area (Å²) in [6, 6.07) is 7.34. The highest BCUT2D eigenvalue weighted by atomic mass is 32.1. The zero-order chi connectivity index (χ0) is 20.3. The second kappa shape index (κ2) is 8.26. The van der Waals surface area contributed by atoms with Gasteiger partial charge in [0.05, 0.1) is 12.5 Å². The largest absolute Gasteiger partial charge is 0.494 e. The molecule has 0 spiro atoms. The van der Waals surface area contributed by atoms with E-state index in [9.17, 15) is 9.59 Å². The molecule has 8 heteroatoms. The highest BCUT2D eigenvalue weighted by Crippen LogP contribution is 2.32. The molecular weight excluding hydrogens is 376 g/mol. The van der Waals surface area contributed by atoms with Gasteiger partial charge in [-0.05, 0) is 37.6 Å². The number of rotatable bonds is 7. The molecule has 1 aliphatic heterocycles. The van der Waals surface area contributed by atoms with Crippen molar-refractivity contribution in [3.8, 4) is 5.75 Å². The number of nitrogens with zero attached hydrogens (tertiary/aromatic N) is 3. The van der Waals surface area contributed by atoms with Crippen LogP contribution in [0, 0.1) is 5.92 Å². The second-order valence-electron chi connectivity index (χ2n) is 7.47. The maximum Gasteiger partial charge on any atom is 0.231 e. The van der Waals surface area contributed by atoms with E-state index >= 15 is 0 Å². The maximum atomic E-state index is 12.6. The van der Waals surface area contributed by atoms with Crippen molar-refractivity contribution >= 4 is 34.0 Å². The molecule has 0 radical (unpaired) electrons. The summed E-state index contributed by atoms with van der Waals surface area (Å²) in [6.45, 7) is 9.16. The molecule has 1 saturated heterocycles. The Bertz CT molecular complexity index is 847. The number of anilines is 2. The van der Waals surface area contributed by atoms with Gasteiger partial charge in [0.1, 0.15) is 10.8 Å². The highest BCUT2D eigenvalue weighted by Gasteiger charge is 2.35. The minimum absolute atomic E-state index is 0.0608. The normalized spacial score (nSPS) is 17.1. The molecule has 1 aromatic heterocycles. The second-order valence-corrected chi connectivity index (χ2v) is 8.45. The van der Waals surface area contributed by atoms with Gasteiger partial charge in [0.2, 0.25) is 16.9 Å². The fourth-order valence-corrected chi connectivity index (χ4v) is 3.85. The molecule has 1 aliphatic rings. The molecule has 2 amide bonds. The minimum Gasteiger partial charge on any atom is -0.494 e. The third kappa shape index (κ3) is 4.32. The number of nitrogens with one attached hydrogen (secondary N) is 1. The number of carbonyl (C=O) groups excluding carboxylic acids is 2. The SMILES string of the molecule is CCOc1ccc(N2C[C@H](C(=O)Nc3nnc(C(C)(C)CC)s3)CC2=O)cc1. The van der Waals surface area contributed by atoms with Crippen molar-refractivity contribution < 1.29 is 14.3 Å². The lowest BCUT2D eigenvalue weighted by Gasteiger charge is -2.17. The summed E-state index contributed by atoms with van der Waals surface area (Å²) in [5.74, 6) is 0.0908. The molecule has 2 aromatic rings. The van der Waals surface area contributed by atoms with Gasteiger partial charge in [0.25, 0.3) is 0 Å². The third-order valence-corrected chi connectivity index (χ3v) is 6.28. The van der Waals surface area contributed by atoms with Crippen molar-refractivity contribution in [3.05, 3.63) is 29.3 Å². The van der Waals surface area contributed by atoms with E-state index in [2.05, 4.69) is 36.3 Å². The summed E-state index contributed by atoms with van der Waals surface area (Å²) in [7, 11) is 0. The highest BCUT2D eigenvalue weighted by molar-refractivity contribution is 7.15. The number of benzene rings is 1. The van der Waals surface area contributed by atoms with Gasteiger partial charge in [-0.15, -0.1) is 10.2 Å². The van der Waals surface area contributed by atoms with Crippen LogP contribution in [0.15, 0.2) is 24.3 Å². The van der Waals surface area contributed by atoms with Crippen molar-refractivity contribution in [1.29, 1.82) is 0 Å². The lowest BCUT2D eigenvalue weighted by Crippen LogP contribution is -2.28. The Balaban J connectivity index is 1.64. The van der Waals surface area contributed by atoms with Gasteiger partial charge in [-0.3, -0.25) is 9.59 Å². The number of hydrogen-bond donors (Lipinski definition) is 1. The van der Waals surface area contributed by atoms with E-state index in [0.717, 1.165) is 22.9 Å². The number of carbonyl (C=O) groups is 2. The Hall–Kier alpha value is -2.48. The van der Waals surface area contributed by atoms with Crippen LogP contribution in [0.3, 0.4) is 0 Å². The molecule has 0 bridgehead atoms. The molecule has 1 N–H and O–H groups in total. The van der Waals surface area contributed by atoms with Gasteiger partial charge in [-0.1, -0.05) is 32.1 Å². The van der Waals surface area contributed by atoms with Crippen LogP contribution in [-0.4, -0.2) is 35.2 Å². The molecule has 150 valence electrons. The van der Waals surface area contributed by atoms with Gasteiger partial charge in [0.15, 0.2) is 0 Å². The van der Waals surface area contributed by atoms with Gasteiger partial charge in [0, 0.05) is 24.1 Å². The van der Waals surface area contributed by atoms with Gasteiger partial charge < -0.3 is 15.0 Å². The fraction of sp³-hybridized carbons (Fsp3) is 0.500. The summed E-state index contributed by atoms with van der Waals surface area (Å²) in [5.41, 5.74) is 0.695. The van der Waals surface area contributed by atoms with Crippen LogP contribution < -0.4 is 15.0 Å². The van der Waals surface area contributed by atoms with Crippen molar-refractivity contribution in [3.63, 3.8) is 0 Å². The van der Waals surface area contributed by atoms with E-state index in [0.29, 0.717) is 18.3 Å². The topological polar surface area (TPSA) is 84.4 Å². The first-order valence-electron chi connectivity index (χ1n) is 9.52. The van der Waals surface area contributed by atoms with Crippen molar-refractivity contribution in [1.82, 2.24) is 10.2 Å². The first-order chi connectivity index (χ1) is 13.3. The standard InChI is InChI=1S/C20H26N4O3S/c1-5-20(3,4)18-22-23-19(28-18)21-17(26)13-11-16(25)24(12-13)14-7-9-15(10-8-14)27-6-2/h7-10,13H,5-6,11-12H2,1-4H3,(H,21,23,26)/t13-/m1/s1. The van der Waals surface area contributed by atoms with E-state index in [1.54, 1.807) is 4.90 Å². The molecule has 7 nitrogen and oxygen atoms in total. The number of amides is 2. The molecule has 0 unspecified atom stereocenters. The minimum atomic E-state index is -0.411. The Morgan fingerprint density at radius 1 is 1.29 bits per heavy atom. The van der Waals surface area contributed by atoms with Crippen LogP contribution in [0.1, 0.15) is 45.5 Å². The van der Waals surface area contributed by atoms with E-state index in [4.69, 9.17) is 4.74 Å². The van der Waals surface area contributed by atoms with Gasteiger partial charge in [-0.2, -0.15) is 0 Å². The summed E-state index contributed by atoms with van der Waals surface area (Å²) >= 11 is 1.39. The molecule has 0 saturated carbocycles. The monoisotopic (exact) mass is 402 g/mol.